The number of halogens is 1. The summed E-state index contributed by atoms with van der Waals surface area (Å²) >= 11 is 0. The van der Waals surface area contributed by atoms with E-state index >= 15 is 0 Å². The van der Waals surface area contributed by atoms with Crippen LogP contribution < -0.4 is 17.3 Å². The first kappa shape index (κ1) is 22.3. The van der Waals surface area contributed by atoms with Gasteiger partial charge in [-0.2, -0.15) is 0 Å². The topological polar surface area (TPSA) is 7.68 Å². The average molecular weight is 441 g/mol. The predicted molar refractivity (Wildman–Crippen MR) is 127 cm³/mol. The summed E-state index contributed by atoms with van der Waals surface area (Å²) in [6, 6.07) is 44.5. The van der Waals surface area contributed by atoms with Gasteiger partial charge in [0, 0.05) is 11.1 Å². The smallest absolute Gasteiger partial charge is 0.140 e. The molecule has 1 N–H and O–H groups in total. The van der Waals surface area contributed by atoms with E-state index in [4.69, 9.17) is 0 Å². The Morgan fingerprint density at radius 1 is 0.531 bits per heavy atom. The van der Waals surface area contributed by atoms with Crippen LogP contribution in [0.2, 0.25) is 0 Å². The van der Waals surface area contributed by atoms with Gasteiger partial charge in [0.2, 0.25) is 0 Å². The Morgan fingerprint density at radius 3 is 1.31 bits per heavy atom. The summed E-state index contributed by atoms with van der Waals surface area (Å²) in [6.07, 6.45) is 0. The molecule has 1 heterocycles. The molecule has 32 heavy (non-hydrogen) atoms. The molecule has 0 saturated carbocycles. The largest absolute Gasteiger partial charge is 1.00 e. The van der Waals surface area contributed by atoms with E-state index in [1.165, 1.54) is 22.3 Å². The molecule has 1 unspecified atom stereocenters. The van der Waals surface area contributed by atoms with Gasteiger partial charge in [-0.3, -0.25) is 0 Å². The van der Waals surface area contributed by atoms with Crippen LogP contribution in [-0.4, -0.2) is 24.7 Å². The molecule has 1 aliphatic rings. The summed E-state index contributed by atoms with van der Waals surface area (Å²) in [4.78, 5) is 4.26. The van der Waals surface area contributed by atoms with E-state index in [1.54, 1.807) is 4.90 Å². The highest BCUT2D eigenvalue weighted by Gasteiger charge is 2.36. The Kier molecular flexibility index (Phi) is 7.39. The van der Waals surface area contributed by atoms with Gasteiger partial charge in [-0.25, -0.2) is 4.90 Å². The van der Waals surface area contributed by atoms with E-state index in [9.17, 15) is 0 Å². The third-order valence-corrected chi connectivity index (χ3v) is 6.40. The number of benzene rings is 4. The van der Waals surface area contributed by atoms with Crippen LogP contribution >= 0.6 is 0 Å². The molecule has 0 aliphatic carbocycles. The minimum absolute atomic E-state index is 0. The van der Waals surface area contributed by atoms with Gasteiger partial charge in [-0.15, -0.1) is 0 Å². The Hall–Kier alpha value is -2.91. The number of rotatable bonds is 6. The molecule has 2 nitrogen and oxygen atoms in total. The minimum Gasteiger partial charge on any atom is -1.00 e. The van der Waals surface area contributed by atoms with E-state index < -0.39 is 0 Å². The standard InChI is InChI=1S/C29H28N2.ClH/c1-5-13-24(14-6-1)28(25-15-7-2-8-16-25)30-21-22-31(23-30)29(26-17-9-3-10-18-26)27-19-11-4-12-20-27;/h1-20,28-29H,21-23H2;1H. The molecule has 0 aromatic heterocycles. The summed E-state index contributed by atoms with van der Waals surface area (Å²) in [7, 11) is 0. The molecule has 0 amide bonds. The summed E-state index contributed by atoms with van der Waals surface area (Å²) in [5.41, 5.74) is 5.51. The number of nitrogens with one attached hydrogen (secondary N) is 1. The highest BCUT2D eigenvalue weighted by molar-refractivity contribution is 5.32. The zero-order valence-corrected chi connectivity index (χ0v) is 18.9. The maximum absolute atomic E-state index is 2.65. The lowest BCUT2D eigenvalue weighted by atomic mass is 9.97. The molecule has 3 heteroatoms. The van der Waals surface area contributed by atoms with Crippen LogP contribution in [0.4, 0.5) is 0 Å². The second-order valence-corrected chi connectivity index (χ2v) is 8.36. The monoisotopic (exact) mass is 440 g/mol. The summed E-state index contributed by atoms with van der Waals surface area (Å²) < 4.78 is 0. The van der Waals surface area contributed by atoms with Crippen LogP contribution in [0.1, 0.15) is 34.3 Å². The highest BCUT2D eigenvalue weighted by Crippen LogP contribution is 2.29. The summed E-state index contributed by atoms with van der Waals surface area (Å²) in [5.74, 6) is 0. The van der Waals surface area contributed by atoms with E-state index in [-0.39, 0.29) is 18.4 Å². The van der Waals surface area contributed by atoms with Crippen molar-refractivity contribution in [1.82, 2.24) is 4.90 Å². The van der Waals surface area contributed by atoms with Gasteiger partial charge in [-0.05, 0) is 11.1 Å². The van der Waals surface area contributed by atoms with Crippen molar-refractivity contribution in [3.8, 4) is 0 Å². The van der Waals surface area contributed by atoms with E-state index in [0.717, 1.165) is 19.8 Å². The SMILES string of the molecule is [Cl-].c1ccc(C(c2ccccc2)N2CC[NH+](C(c3ccccc3)c3ccccc3)C2)cc1. The van der Waals surface area contributed by atoms with Gasteiger partial charge in [0.05, 0.1) is 19.1 Å². The van der Waals surface area contributed by atoms with Gasteiger partial charge in [0.1, 0.15) is 12.7 Å². The number of quaternary nitrogens is 1. The highest BCUT2D eigenvalue weighted by atomic mass is 35.5. The maximum atomic E-state index is 2.65. The van der Waals surface area contributed by atoms with Crippen molar-refractivity contribution in [2.75, 3.05) is 19.8 Å². The Bertz CT molecular complexity index is 903. The van der Waals surface area contributed by atoms with Crippen molar-refractivity contribution < 1.29 is 17.3 Å². The fourth-order valence-corrected chi connectivity index (χ4v) is 5.00. The second-order valence-electron chi connectivity index (χ2n) is 8.36. The van der Waals surface area contributed by atoms with E-state index in [1.807, 2.05) is 0 Å². The molecule has 0 bridgehead atoms. The van der Waals surface area contributed by atoms with Crippen LogP contribution in [0, 0.1) is 0 Å². The van der Waals surface area contributed by atoms with Crippen molar-refractivity contribution in [3.63, 3.8) is 0 Å². The molecule has 1 atom stereocenters. The molecule has 0 radical (unpaired) electrons. The van der Waals surface area contributed by atoms with Gasteiger partial charge in [0.25, 0.3) is 0 Å². The number of hydrogen-bond donors (Lipinski definition) is 1. The fourth-order valence-electron chi connectivity index (χ4n) is 5.00. The predicted octanol–water partition coefficient (Wildman–Crippen LogP) is 1.73. The molecule has 4 aromatic rings. The molecule has 162 valence electrons. The lowest BCUT2D eigenvalue weighted by Gasteiger charge is -2.29. The first-order valence-electron chi connectivity index (χ1n) is 11.2. The van der Waals surface area contributed by atoms with Crippen LogP contribution in [0.25, 0.3) is 0 Å². The van der Waals surface area contributed by atoms with E-state index in [0.29, 0.717) is 6.04 Å². The van der Waals surface area contributed by atoms with E-state index in [2.05, 4.69) is 126 Å². The molecular weight excluding hydrogens is 412 g/mol. The Morgan fingerprint density at radius 2 is 0.906 bits per heavy atom. The van der Waals surface area contributed by atoms with Gasteiger partial charge >= 0.3 is 0 Å². The third-order valence-electron chi connectivity index (χ3n) is 6.40. The normalized spacial score (nSPS) is 16.2. The molecule has 1 aliphatic heterocycles. The Balaban J connectivity index is 0.00000245. The lowest BCUT2D eigenvalue weighted by molar-refractivity contribution is -0.918. The third kappa shape index (κ3) is 4.78. The van der Waals surface area contributed by atoms with Gasteiger partial charge < -0.3 is 17.3 Å². The van der Waals surface area contributed by atoms with Crippen LogP contribution in [-0.2, 0) is 0 Å². The van der Waals surface area contributed by atoms with Crippen molar-refractivity contribution in [2.45, 2.75) is 12.1 Å². The van der Waals surface area contributed by atoms with Crippen molar-refractivity contribution in [1.29, 1.82) is 0 Å². The van der Waals surface area contributed by atoms with Gasteiger partial charge in [-0.1, -0.05) is 121 Å². The Labute approximate surface area is 197 Å². The molecule has 1 fully saturated rings. The number of nitrogens with zero attached hydrogens (tertiary/aromatic N) is 1. The maximum Gasteiger partial charge on any atom is 0.140 e. The van der Waals surface area contributed by atoms with Crippen molar-refractivity contribution >= 4 is 0 Å². The van der Waals surface area contributed by atoms with Crippen molar-refractivity contribution in [2.24, 2.45) is 0 Å². The first-order valence-corrected chi connectivity index (χ1v) is 11.2. The quantitative estimate of drug-likeness (QED) is 0.480. The molecule has 1 saturated heterocycles. The second kappa shape index (κ2) is 10.6. The lowest BCUT2D eigenvalue weighted by Crippen LogP contribution is -3.11. The molecule has 5 rings (SSSR count). The molecule has 4 aromatic carbocycles. The fraction of sp³-hybridized carbons (Fsp3) is 0.172. The number of hydrogen-bond acceptors (Lipinski definition) is 1. The minimum atomic E-state index is 0. The van der Waals surface area contributed by atoms with Gasteiger partial charge in [0.15, 0.2) is 0 Å². The van der Waals surface area contributed by atoms with Crippen LogP contribution in [0.15, 0.2) is 121 Å². The summed E-state index contributed by atoms with van der Waals surface area (Å²) in [5, 5.41) is 0. The molecular formula is C29H29ClN2. The van der Waals surface area contributed by atoms with Crippen molar-refractivity contribution in [3.05, 3.63) is 144 Å². The zero-order valence-electron chi connectivity index (χ0n) is 18.1. The van der Waals surface area contributed by atoms with Crippen LogP contribution in [0.5, 0.6) is 0 Å². The first-order chi connectivity index (χ1) is 15.4. The molecule has 0 spiro atoms. The van der Waals surface area contributed by atoms with Crippen LogP contribution in [0.3, 0.4) is 0 Å². The summed E-state index contributed by atoms with van der Waals surface area (Å²) in [6.45, 7) is 3.23. The zero-order chi connectivity index (χ0) is 20.9. The average Bonchev–Trinajstić information content (AvgIpc) is 3.31.